The Morgan fingerprint density at radius 1 is 0.967 bits per heavy atom. The quantitative estimate of drug-likeness (QED) is 0.438. The fraction of sp³-hybridized carbons (Fsp3) is 0.292. The van der Waals surface area contributed by atoms with E-state index in [-0.39, 0.29) is 11.2 Å². The number of pyridine rings is 1. The third-order valence-corrected chi connectivity index (χ3v) is 6.98. The average molecular weight is 417 g/mol. The molecule has 6 heteroatoms. The molecule has 0 spiro atoms. The van der Waals surface area contributed by atoms with Crippen molar-refractivity contribution in [3.63, 3.8) is 0 Å². The minimum atomic E-state index is -0.336. The van der Waals surface area contributed by atoms with Crippen LogP contribution in [-0.4, -0.2) is 38.5 Å². The molecule has 5 rings (SSSR count). The second kappa shape index (κ2) is 8.11. The highest BCUT2D eigenvalue weighted by Gasteiger charge is 2.29. The Balaban J connectivity index is 1.59. The molecule has 1 fully saturated rings. The molecule has 0 unspecified atom stereocenters. The molecule has 0 bridgehead atoms. The Morgan fingerprint density at radius 2 is 1.70 bits per heavy atom. The molecule has 1 atom stereocenters. The van der Waals surface area contributed by atoms with Crippen molar-refractivity contribution in [1.82, 2.24) is 19.5 Å². The van der Waals surface area contributed by atoms with Crippen molar-refractivity contribution in [2.75, 3.05) is 13.1 Å². The molecule has 1 saturated heterocycles. The van der Waals surface area contributed by atoms with E-state index in [9.17, 15) is 4.79 Å². The van der Waals surface area contributed by atoms with Gasteiger partial charge in [-0.05, 0) is 49.4 Å². The molecule has 3 heterocycles. The van der Waals surface area contributed by atoms with E-state index in [1.165, 1.54) is 29.1 Å². The maximum Gasteiger partial charge on any atom is 0.240 e. The summed E-state index contributed by atoms with van der Waals surface area (Å²) in [5, 5.41) is 10.5. The lowest BCUT2D eigenvalue weighted by Crippen LogP contribution is -2.38. The number of piperidine rings is 1. The van der Waals surface area contributed by atoms with Gasteiger partial charge in [-0.2, -0.15) is 0 Å². The Morgan fingerprint density at radius 3 is 2.50 bits per heavy atom. The fourth-order valence-corrected chi connectivity index (χ4v) is 5.36. The highest BCUT2D eigenvalue weighted by Crippen LogP contribution is 2.37. The van der Waals surface area contributed by atoms with Gasteiger partial charge in [-0.1, -0.05) is 60.3 Å². The van der Waals surface area contributed by atoms with E-state index in [1.54, 1.807) is 0 Å². The lowest BCUT2D eigenvalue weighted by Gasteiger charge is -2.30. The van der Waals surface area contributed by atoms with Crippen molar-refractivity contribution >= 4 is 34.2 Å². The molecule has 0 aliphatic carbocycles. The van der Waals surface area contributed by atoms with Crippen molar-refractivity contribution in [1.29, 1.82) is 0 Å². The zero-order chi connectivity index (χ0) is 20.5. The molecule has 30 heavy (non-hydrogen) atoms. The summed E-state index contributed by atoms with van der Waals surface area (Å²) in [4.78, 5) is 15.5. The smallest absolute Gasteiger partial charge is 0.240 e. The number of rotatable bonds is 4. The Kier molecular flexibility index (Phi) is 5.17. The van der Waals surface area contributed by atoms with Gasteiger partial charge in [0.1, 0.15) is 5.25 Å². The Bertz CT molecular complexity index is 1200. The molecule has 2 aromatic heterocycles. The van der Waals surface area contributed by atoms with E-state index in [4.69, 9.17) is 0 Å². The third-order valence-electron chi connectivity index (χ3n) is 5.79. The third kappa shape index (κ3) is 3.45. The number of para-hydroxylation sites is 1. The summed E-state index contributed by atoms with van der Waals surface area (Å²) in [6.07, 6.45) is 3.36. The lowest BCUT2D eigenvalue weighted by molar-refractivity contribution is -0.131. The summed E-state index contributed by atoms with van der Waals surface area (Å²) in [5.41, 5.74) is 4.06. The topological polar surface area (TPSA) is 50.5 Å². The van der Waals surface area contributed by atoms with E-state index >= 15 is 0 Å². The van der Waals surface area contributed by atoms with E-state index < -0.39 is 0 Å². The van der Waals surface area contributed by atoms with Gasteiger partial charge in [0.25, 0.3) is 0 Å². The van der Waals surface area contributed by atoms with Crippen LogP contribution in [0.5, 0.6) is 0 Å². The van der Waals surface area contributed by atoms with Gasteiger partial charge in [0, 0.05) is 18.5 Å². The van der Waals surface area contributed by atoms with Gasteiger partial charge in [0.05, 0.1) is 5.52 Å². The number of benzene rings is 2. The highest BCUT2D eigenvalue weighted by molar-refractivity contribution is 8.00. The first kappa shape index (κ1) is 19.1. The fourth-order valence-electron chi connectivity index (χ4n) is 4.23. The zero-order valence-electron chi connectivity index (χ0n) is 17.0. The number of nitrogens with zero attached hydrogens (tertiary/aromatic N) is 4. The van der Waals surface area contributed by atoms with Crippen LogP contribution in [0.25, 0.3) is 16.6 Å². The van der Waals surface area contributed by atoms with Gasteiger partial charge < -0.3 is 4.90 Å². The number of carbonyl (C=O) groups excluding carboxylic acids is 1. The Labute approximate surface area is 180 Å². The van der Waals surface area contributed by atoms with Crippen LogP contribution >= 0.6 is 11.8 Å². The normalized spacial score (nSPS) is 15.6. The van der Waals surface area contributed by atoms with E-state index in [2.05, 4.69) is 39.7 Å². The number of aromatic nitrogens is 3. The maximum atomic E-state index is 13.5. The summed E-state index contributed by atoms with van der Waals surface area (Å²) in [5.74, 6) is 0.166. The first-order chi connectivity index (χ1) is 14.7. The van der Waals surface area contributed by atoms with Crippen molar-refractivity contribution in [3.8, 4) is 0 Å². The van der Waals surface area contributed by atoms with Gasteiger partial charge in [0.15, 0.2) is 10.8 Å². The molecular formula is C24H24N4OS. The van der Waals surface area contributed by atoms with Crippen molar-refractivity contribution < 1.29 is 4.79 Å². The predicted octanol–water partition coefficient (Wildman–Crippen LogP) is 5.04. The molecule has 1 aliphatic rings. The summed E-state index contributed by atoms with van der Waals surface area (Å²) < 4.78 is 2.08. The molecule has 0 saturated carbocycles. The zero-order valence-corrected chi connectivity index (χ0v) is 17.8. The summed E-state index contributed by atoms with van der Waals surface area (Å²) in [7, 11) is 0. The molecule has 1 amide bonds. The number of fused-ring (bicyclic) bond motifs is 3. The van der Waals surface area contributed by atoms with Crippen molar-refractivity contribution in [2.24, 2.45) is 0 Å². The number of hydrogen-bond donors (Lipinski definition) is 0. The summed E-state index contributed by atoms with van der Waals surface area (Å²) >= 11 is 1.50. The number of hydrogen-bond acceptors (Lipinski definition) is 4. The minimum absolute atomic E-state index is 0.166. The van der Waals surface area contributed by atoms with Crippen LogP contribution in [0.4, 0.5) is 0 Å². The molecule has 5 nitrogen and oxygen atoms in total. The van der Waals surface area contributed by atoms with Crippen LogP contribution < -0.4 is 0 Å². The highest BCUT2D eigenvalue weighted by atomic mass is 32.2. The van der Waals surface area contributed by atoms with Gasteiger partial charge in [-0.25, -0.2) is 0 Å². The minimum Gasteiger partial charge on any atom is -0.341 e. The van der Waals surface area contributed by atoms with Crippen molar-refractivity contribution in [3.05, 3.63) is 71.8 Å². The Hall–Kier alpha value is -2.86. The first-order valence-corrected chi connectivity index (χ1v) is 11.3. The van der Waals surface area contributed by atoms with Gasteiger partial charge in [0.2, 0.25) is 5.91 Å². The molecule has 0 N–H and O–H groups in total. The number of aryl methyl sites for hydroxylation is 1. The SMILES string of the molecule is Cc1cc2nnc(S[C@H](C(=O)N3CCCCC3)c3ccccc3)n2c2ccccc12. The van der Waals surface area contributed by atoms with Crippen LogP contribution in [0.2, 0.25) is 0 Å². The van der Waals surface area contributed by atoms with Gasteiger partial charge >= 0.3 is 0 Å². The number of likely N-dealkylation sites (tertiary alicyclic amines) is 1. The summed E-state index contributed by atoms with van der Waals surface area (Å²) in [6.45, 7) is 3.77. The molecular weight excluding hydrogens is 392 g/mol. The van der Waals surface area contributed by atoms with Gasteiger partial charge in [-0.3, -0.25) is 9.20 Å². The van der Waals surface area contributed by atoms with Crippen LogP contribution in [0.15, 0.2) is 65.8 Å². The molecule has 152 valence electrons. The first-order valence-electron chi connectivity index (χ1n) is 10.5. The van der Waals surface area contributed by atoms with Crippen LogP contribution in [0, 0.1) is 6.92 Å². The predicted molar refractivity (Wildman–Crippen MR) is 121 cm³/mol. The molecule has 1 aliphatic heterocycles. The summed E-state index contributed by atoms with van der Waals surface area (Å²) in [6, 6.07) is 20.4. The monoisotopic (exact) mass is 416 g/mol. The molecule has 0 radical (unpaired) electrons. The standard InChI is InChI=1S/C24H24N4OS/c1-17-16-21-25-26-24(28(21)20-13-7-6-12-19(17)20)30-22(18-10-4-2-5-11-18)23(29)27-14-8-3-9-15-27/h2,4-7,10-13,16,22H,3,8-9,14-15H2,1H3/t22-/m0/s1. The van der Waals surface area contributed by atoms with E-state index in [1.807, 2.05) is 47.4 Å². The molecule has 2 aromatic carbocycles. The molecule has 4 aromatic rings. The average Bonchev–Trinajstić information content (AvgIpc) is 3.21. The van der Waals surface area contributed by atoms with E-state index in [0.29, 0.717) is 0 Å². The van der Waals surface area contributed by atoms with Gasteiger partial charge in [-0.15, -0.1) is 10.2 Å². The maximum absolute atomic E-state index is 13.5. The number of carbonyl (C=O) groups is 1. The largest absolute Gasteiger partial charge is 0.341 e. The van der Waals surface area contributed by atoms with E-state index in [0.717, 1.165) is 47.8 Å². The lowest BCUT2D eigenvalue weighted by atomic mass is 10.1. The second-order valence-electron chi connectivity index (χ2n) is 7.82. The second-order valence-corrected chi connectivity index (χ2v) is 8.89. The van der Waals surface area contributed by atoms with Crippen LogP contribution in [-0.2, 0) is 4.79 Å². The van der Waals surface area contributed by atoms with Crippen molar-refractivity contribution in [2.45, 2.75) is 36.6 Å². The van der Waals surface area contributed by atoms with Crippen LogP contribution in [0.3, 0.4) is 0 Å². The number of amides is 1. The van der Waals surface area contributed by atoms with Crippen LogP contribution in [0.1, 0.15) is 35.6 Å². The number of thioether (sulfide) groups is 1.